The minimum atomic E-state index is 0.259. The fourth-order valence-electron chi connectivity index (χ4n) is 4.86. The zero-order valence-corrected chi connectivity index (χ0v) is 19.0. The van der Waals surface area contributed by atoms with Gasteiger partial charge >= 0.3 is 0 Å². The summed E-state index contributed by atoms with van der Waals surface area (Å²) in [6.45, 7) is 6.50. The lowest BCUT2D eigenvalue weighted by Crippen LogP contribution is -2.45. The summed E-state index contributed by atoms with van der Waals surface area (Å²) in [6.07, 6.45) is 7.41. The summed E-state index contributed by atoms with van der Waals surface area (Å²) >= 11 is 0. The number of hydrogen-bond donors (Lipinski definition) is 2. The first kappa shape index (κ1) is 21.9. The highest BCUT2D eigenvalue weighted by Crippen LogP contribution is 2.27. The third-order valence-corrected chi connectivity index (χ3v) is 6.87. The molecule has 8 nitrogen and oxygen atoms in total. The Labute approximate surface area is 186 Å². The number of hydrogen-bond acceptors (Lipinski definition) is 5. The average Bonchev–Trinajstić information content (AvgIpc) is 3.49. The summed E-state index contributed by atoms with van der Waals surface area (Å²) in [6, 6.07) is 4.48. The lowest BCUT2D eigenvalue weighted by Gasteiger charge is -2.33. The van der Waals surface area contributed by atoms with Gasteiger partial charge in [-0.1, -0.05) is 12.8 Å². The normalized spacial score (nSPS) is 23.4. The second-order valence-electron chi connectivity index (χ2n) is 9.13. The summed E-state index contributed by atoms with van der Waals surface area (Å²) in [4.78, 5) is 28.4. The van der Waals surface area contributed by atoms with Crippen molar-refractivity contribution in [1.29, 1.82) is 0 Å². The molecule has 3 aliphatic rings. The number of amides is 1. The molecule has 2 aliphatic heterocycles. The van der Waals surface area contributed by atoms with E-state index in [1.165, 1.54) is 18.4 Å². The van der Waals surface area contributed by atoms with E-state index >= 15 is 0 Å². The molecule has 3 fully saturated rings. The largest absolute Gasteiger partial charge is 0.354 e. The number of guanidine groups is 1. The standard InChI is InChI=1S/C23H37N7O/c1-24-23(27-20-8-10-30(17-20)22(31)19-5-3-4-6-19)26-16-18-7-9-25-21(15-18)29-13-11-28(2)12-14-29/h7,9,15,19-20H,3-6,8,10-14,16-17H2,1-2H3,(H2,24,26,27). The van der Waals surface area contributed by atoms with Crippen molar-refractivity contribution in [3.8, 4) is 0 Å². The van der Waals surface area contributed by atoms with Gasteiger partial charge in [0.25, 0.3) is 0 Å². The number of carbonyl (C=O) groups excluding carboxylic acids is 1. The number of likely N-dealkylation sites (N-methyl/N-ethyl adjacent to an activating group) is 1. The van der Waals surface area contributed by atoms with E-state index < -0.39 is 0 Å². The van der Waals surface area contributed by atoms with Crippen molar-refractivity contribution in [2.24, 2.45) is 10.9 Å². The molecule has 2 saturated heterocycles. The lowest BCUT2D eigenvalue weighted by molar-refractivity contribution is -0.134. The van der Waals surface area contributed by atoms with Gasteiger partial charge in [0, 0.05) is 71.0 Å². The van der Waals surface area contributed by atoms with Gasteiger partial charge in [0.1, 0.15) is 5.82 Å². The van der Waals surface area contributed by atoms with E-state index in [1.54, 1.807) is 7.05 Å². The van der Waals surface area contributed by atoms with Gasteiger partial charge < -0.3 is 25.3 Å². The van der Waals surface area contributed by atoms with Crippen LogP contribution >= 0.6 is 0 Å². The van der Waals surface area contributed by atoms with Crippen molar-refractivity contribution in [1.82, 2.24) is 25.4 Å². The number of likely N-dealkylation sites (tertiary alicyclic amines) is 1. The second kappa shape index (κ2) is 10.3. The van der Waals surface area contributed by atoms with E-state index in [0.717, 1.165) is 70.3 Å². The molecule has 31 heavy (non-hydrogen) atoms. The number of aromatic nitrogens is 1. The Morgan fingerprint density at radius 1 is 1.16 bits per heavy atom. The Kier molecular flexibility index (Phi) is 7.27. The third-order valence-electron chi connectivity index (χ3n) is 6.87. The number of rotatable bonds is 5. The van der Waals surface area contributed by atoms with Crippen LogP contribution in [0.25, 0.3) is 0 Å². The molecule has 8 heteroatoms. The molecular weight excluding hydrogens is 390 g/mol. The summed E-state index contributed by atoms with van der Waals surface area (Å²) in [5.74, 6) is 2.46. The van der Waals surface area contributed by atoms with Gasteiger partial charge in [-0.2, -0.15) is 0 Å². The van der Waals surface area contributed by atoms with Gasteiger partial charge in [-0.3, -0.25) is 9.79 Å². The van der Waals surface area contributed by atoms with Gasteiger partial charge in [-0.15, -0.1) is 0 Å². The van der Waals surface area contributed by atoms with Gasteiger partial charge in [0.2, 0.25) is 5.91 Å². The maximum Gasteiger partial charge on any atom is 0.225 e. The van der Waals surface area contributed by atoms with Crippen LogP contribution in [0.5, 0.6) is 0 Å². The van der Waals surface area contributed by atoms with Crippen LogP contribution in [0.1, 0.15) is 37.7 Å². The predicted molar refractivity (Wildman–Crippen MR) is 124 cm³/mol. The highest BCUT2D eigenvalue weighted by molar-refractivity contribution is 5.81. The Morgan fingerprint density at radius 3 is 2.68 bits per heavy atom. The van der Waals surface area contributed by atoms with Gasteiger partial charge in [-0.05, 0) is 44.0 Å². The Hall–Kier alpha value is -2.35. The Morgan fingerprint density at radius 2 is 1.94 bits per heavy atom. The summed E-state index contributed by atoms with van der Waals surface area (Å²) < 4.78 is 0. The second-order valence-corrected chi connectivity index (χ2v) is 9.13. The molecule has 1 aromatic rings. The molecule has 0 spiro atoms. The van der Waals surface area contributed by atoms with Crippen molar-refractivity contribution in [2.75, 3.05) is 58.3 Å². The molecule has 1 aliphatic carbocycles. The Bertz CT molecular complexity index is 769. The van der Waals surface area contributed by atoms with Crippen molar-refractivity contribution < 1.29 is 4.79 Å². The van der Waals surface area contributed by atoms with Crippen LogP contribution in [0.2, 0.25) is 0 Å². The zero-order chi connectivity index (χ0) is 21.6. The molecule has 0 radical (unpaired) electrons. The van der Waals surface area contributed by atoms with Crippen molar-refractivity contribution in [2.45, 2.75) is 44.7 Å². The topological polar surface area (TPSA) is 76.1 Å². The highest BCUT2D eigenvalue weighted by Gasteiger charge is 2.32. The van der Waals surface area contributed by atoms with Crippen molar-refractivity contribution >= 4 is 17.7 Å². The molecular formula is C23H37N7O. The first-order chi connectivity index (χ1) is 15.1. The maximum absolute atomic E-state index is 12.7. The highest BCUT2D eigenvalue weighted by atomic mass is 16.2. The molecule has 0 bridgehead atoms. The summed E-state index contributed by atoms with van der Waals surface area (Å²) in [5, 5.41) is 6.94. The summed E-state index contributed by atoms with van der Waals surface area (Å²) in [7, 11) is 3.96. The van der Waals surface area contributed by atoms with Gasteiger partial charge in [-0.25, -0.2) is 4.98 Å². The zero-order valence-electron chi connectivity index (χ0n) is 19.0. The number of pyridine rings is 1. The SMILES string of the molecule is CN=C(NCc1ccnc(N2CCN(C)CC2)c1)NC1CCN(C(=O)C2CCCC2)C1. The number of nitrogens with one attached hydrogen (secondary N) is 2. The van der Waals surface area contributed by atoms with E-state index in [1.807, 2.05) is 11.1 Å². The van der Waals surface area contributed by atoms with E-state index in [9.17, 15) is 4.79 Å². The molecule has 1 saturated carbocycles. The van der Waals surface area contributed by atoms with E-state index in [-0.39, 0.29) is 12.0 Å². The van der Waals surface area contributed by atoms with Crippen LogP contribution in [-0.4, -0.2) is 86.1 Å². The molecule has 0 aromatic carbocycles. The lowest BCUT2D eigenvalue weighted by atomic mass is 10.1. The van der Waals surface area contributed by atoms with E-state index in [4.69, 9.17) is 0 Å². The molecule has 2 N–H and O–H groups in total. The smallest absolute Gasteiger partial charge is 0.225 e. The third kappa shape index (κ3) is 5.67. The quantitative estimate of drug-likeness (QED) is 0.545. The first-order valence-corrected chi connectivity index (χ1v) is 11.8. The molecule has 1 aromatic heterocycles. The van der Waals surface area contributed by atoms with Crippen LogP contribution < -0.4 is 15.5 Å². The van der Waals surface area contributed by atoms with Gasteiger partial charge in [0.15, 0.2) is 5.96 Å². The number of piperazine rings is 1. The monoisotopic (exact) mass is 427 g/mol. The average molecular weight is 428 g/mol. The molecule has 4 rings (SSSR count). The molecule has 1 unspecified atom stereocenters. The summed E-state index contributed by atoms with van der Waals surface area (Å²) in [5.41, 5.74) is 1.19. The minimum Gasteiger partial charge on any atom is -0.354 e. The van der Waals surface area contributed by atoms with E-state index in [2.05, 4.69) is 49.6 Å². The first-order valence-electron chi connectivity index (χ1n) is 11.8. The van der Waals surface area contributed by atoms with Crippen molar-refractivity contribution in [3.05, 3.63) is 23.9 Å². The number of carbonyl (C=O) groups is 1. The predicted octanol–water partition coefficient (Wildman–Crippen LogP) is 1.29. The fourth-order valence-corrected chi connectivity index (χ4v) is 4.86. The van der Waals surface area contributed by atoms with Crippen LogP contribution in [0.3, 0.4) is 0 Å². The maximum atomic E-state index is 12.7. The van der Waals surface area contributed by atoms with Crippen LogP contribution in [-0.2, 0) is 11.3 Å². The van der Waals surface area contributed by atoms with Gasteiger partial charge in [0.05, 0.1) is 0 Å². The minimum absolute atomic E-state index is 0.259. The number of aliphatic imine (C=N–C) groups is 1. The molecule has 170 valence electrons. The molecule has 1 atom stereocenters. The molecule has 1 amide bonds. The van der Waals surface area contributed by atoms with Crippen molar-refractivity contribution in [3.63, 3.8) is 0 Å². The van der Waals surface area contributed by atoms with Crippen LogP contribution in [0, 0.1) is 5.92 Å². The molecule has 3 heterocycles. The van der Waals surface area contributed by atoms with E-state index in [0.29, 0.717) is 12.5 Å². The Balaban J connectivity index is 1.25. The number of anilines is 1. The van der Waals surface area contributed by atoms with Crippen LogP contribution in [0.15, 0.2) is 23.3 Å². The number of nitrogens with zero attached hydrogens (tertiary/aromatic N) is 5. The fraction of sp³-hybridized carbons (Fsp3) is 0.696. The van der Waals surface area contributed by atoms with Crippen LogP contribution in [0.4, 0.5) is 5.82 Å².